The Morgan fingerprint density at radius 1 is 1.44 bits per heavy atom. The van der Waals surface area contributed by atoms with Crippen molar-refractivity contribution in [2.45, 2.75) is 45.8 Å². The van der Waals surface area contributed by atoms with Crippen molar-refractivity contribution in [1.29, 1.82) is 0 Å². The van der Waals surface area contributed by atoms with Crippen LogP contribution in [0.5, 0.6) is 0 Å². The maximum atomic E-state index is 11.8. The lowest BCUT2D eigenvalue weighted by Crippen LogP contribution is -2.42. The number of amides is 1. The van der Waals surface area contributed by atoms with Gasteiger partial charge in [-0.25, -0.2) is 4.79 Å². The van der Waals surface area contributed by atoms with Gasteiger partial charge in [-0.3, -0.25) is 4.79 Å². The average molecular weight is 269 g/mol. The summed E-state index contributed by atoms with van der Waals surface area (Å²) in [7, 11) is 0. The maximum absolute atomic E-state index is 11.8. The summed E-state index contributed by atoms with van der Waals surface area (Å²) in [6.07, 6.45) is -0.219. The minimum absolute atomic E-state index is 0.0247. The summed E-state index contributed by atoms with van der Waals surface area (Å²) in [5, 5.41) is 4.47. The second-order valence-corrected chi connectivity index (χ2v) is 6.12. The predicted octanol–water partition coefficient (Wildman–Crippen LogP) is 2.77. The Kier molecular flexibility index (Phi) is 4.90. The first kappa shape index (κ1) is 14.7. The van der Waals surface area contributed by atoms with Crippen LogP contribution in [-0.2, 0) is 16.0 Å². The molecule has 5 heteroatoms. The van der Waals surface area contributed by atoms with E-state index < -0.39 is 17.7 Å². The van der Waals surface area contributed by atoms with Gasteiger partial charge in [0.2, 0.25) is 0 Å². The van der Waals surface area contributed by atoms with Crippen LogP contribution in [0.4, 0.5) is 4.79 Å². The Morgan fingerprint density at radius 2 is 2.11 bits per heavy atom. The highest BCUT2D eigenvalue weighted by atomic mass is 32.1. The number of hydrogen-bond donors (Lipinski definition) is 1. The summed E-state index contributed by atoms with van der Waals surface area (Å²) in [6.45, 7) is 7.01. The molecule has 0 radical (unpaired) electrons. The van der Waals surface area contributed by atoms with E-state index in [2.05, 4.69) is 5.32 Å². The number of rotatable bonds is 4. The van der Waals surface area contributed by atoms with Gasteiger partial charge in [0, 0.05) is 11.3 Å². The van der Waals surface area contributed by atoms with Gasteiger partial charge < -0.3 is 10.1 Å². The molecule has 0 fully saturated rings. The lowest BCUT2D eigenvalue weighted by Gasteiger charge is -2.21. The smallest absolute Gasteiger partial charge is 0.408 e. The van der Waals surface area contributed by atoms with Crippen molar-refractivity contribution in [3.63, 3.8) is 0 Å². The molecule has 0 aromatic carbocycles. The highest BCUT2D eigenvalue weighted by Gasteiger charge is 2.21. The molecular formula is C13H19NO3S. The van der Waals surface area contributed by atoms with Crippen LogP contribution in [0, 0.1) is 0 Å². The first-order valence-electron chi connectivity index (χ1n) is 5.82. The van der Waals surface area contributed by atoms with Gasteiger partial charge in [-0.1, -0.05) is 6.07 Å². The Bertz CT molecular complexity index is 406. The molecule has 1 aromatic heterocycles. The Labute approximate surface area is 111 Å². The summed E-state index contributed by atoms with van der Waals surface area (Å²) in [4.78, 5) is 24.3. The molecule has 1 aromatic rings. The third-order valence-corrected chi connectivity index (χ3v) is 3.02. The largest absolute Gasteiger partial charge is 0.444 e. The zero-order valence-electron chi connectivity index (χ0n) is 11.1. The molecule has 1 heterocycles. The number of Topliss-reactive ketones (excluding diaryl/α,β-unsaturated/α-hetero) is 1. The zero-order chi connectivity index (χ0) is 13.8. The lowest BCUT2D eigenvalue weighted by atomic mass is 10.1. The SMILES string of the molecule is C[C@@H](NC(=O)OC(C)(C)C)C(=O)Cc1cccs1. The van der Waals surface area contributed by atoms with Crippen LogP contribution >= 0.6 is 11.3 Å². The normalized spacial score (nSPS) is 12.9. The van der Waals surface area contributed by atoms with E-state index in [1.807, 2.05) is 17.5 Å². The Hall–Kier alpha value is -1.36. The molecule has 18 heavy (non-hydrogen) atoms. The number of carbonyl (C=O) groups excluding carboxylic acids is 2. The van der Waals surface area contributed by atoms with Gasteiger partial charge in [0.25, 0.3) is 0 Å². The molecule has 0 spiro atoms. The first-order valence-corrected chi connectivity index (χ1v) is 6.70. The van der Waals surface area contributed by atoms with E-state index in [4.69, 9.17) is 4.74 Å². The van der Waals surface area contributed by atoms with Crippen molar-refractivity contribution in [3.8, 4) is 0 Å². The minimum atomic E-state index is -0.561. The van der Waals surface area contributed by atoms with E-state index in [-0.39, 0.29) is 5.78 Å². The summed E-state index contributed by atoms with van der Waals surface area (Å²) >= 11 is 1.53. The van der Waals surface area contributed by atoms with Gasteiger partial charge in [-0.05, 0) is 39.1 Å². The van der Waals surface area contributed by atoms with Gasteiger partial charge in [0.05, 0.1) is 6.04 Å². The molecule has 1 amide bonds. The molecule has 4 nitrogen and oxygen atoms in total. The van der Waals surface area contributed by atoms with Gasteiger partial charge in [-0.15, -0.1) is 11.3 Å². The van der Waals surface area contributed by atoms with E-state index in [1.165, 1.54) is 11.3 Å². The summed E-state index contributed by atoms with van der Waals surface area (Å²) in [5.74, 6) is -0.0247. The van der Waals surface area contributed by atoms with E-state index in [1.54, 1.807) is 27.7 Å². The Balaban J connectivity index is 2.42. The zero-order valence-corrected chi connectivity index (χ0v) is 12.0. The number of ether oxygens (including phenoxy) is 1. The van der Waals surface area contributed by atoms with Crippen LogP contribution in [-0.4, -0.2) is 23.5 Å². The molecule has 0 unspecified atom stereocenters. The van der Waals surface area contributed by atoms with Gasteiger partial charge in [0.1, 0.15) is 5.60 Å². The lowest BCUT2D eigenvalue weighted by molar-refractivity contribution is -0.120. The number of hydrogen-bond acceptors (Lipinski definition) is 4. The average Bonchev–Trinajstić information content (AvgIpc) is 2.66. The second-order valence-electron chi connectivity index (χ2n) is 5.09. The van der Waals surface area contributed by atoms with Gasteiger partial charge in [-0.2, -0.15) is 0 Å². The molecule has 0 aliphatic rings. The highest BCUT2D eigenvalue weighted by Crippen LogP contribution is 2.11. The van der Waals surface area contributed by atoms with Crippen LogP contribution in [0.2, 0.25) is 0 Å². The molecule has 0 bridgehead atoms. The third kappa shape index (κ3) is 5.31. The van der Waals surface area contributed by atoms with Crippen LogP contribution in [0.25, 0.3) is 0 Å². The summed E-state index contributed by atoms with van der Waals surface area (Å²) in [5.41, 5.74) is -0.555. The number of carbonyl (C=O) groups is 2. The predicted molar refractivity (Wildman–Crippen MR) is 71.9 cm³/mol. The highest BCUT2D eigenvalue weighted by molar-refractivity contribution is 7.10. The minimum Gasteiger partial charge on any atom is -0.444 e. The monoisotopic (exact) mass is 269 g/mol. The van der Waals surface area contributed by atoms with Crippen LogP contribution < -0.4 is 5.32 Å². The molecule has 0 aliphatic carbocycles. The molecule has 1 rings (SSSR count). The quantitative estimate of drug-likeness (QED) is 0.914. The molecule has 1 N–H and O–H groups in total. The second kappa shape index (κ2) is 6.00. The fourth-order valence-corrected chi connectivity index (χ4v) is 2.02. The van der Waals surface area contributed by atoms with E-state index >= 15 is 0 Å². The van der Waals surface area contributed by atoms with E-state index in [0.717, 1.165) is 4.88 Å². The number of nitrogens with one attached hydrogen (secondary N) is 1. The molecule has 1 atom stereocenters. The summed E-state index contributed by atoms with van der Waals surface area (Å²) < 4.78 is 5.09. The van der Waals surface area contributed by atoms with Crippen molar-refractivity contribution in [2.24, 2.45) is 0 Å². The van der Waals surface area contributed by atoms with Crippen LogP contribution in [0.1, 0.15) is 32.6 Å². The Morgan fingerprint density at radius 3 is 2.61 bits per heavy atom. The first-order chi connectivity index (χ1) is 8.28. The van der Waals surface area contributed by atoms with E-state index in [0.29, 0.717) is 6.42 Å². The van der Waals surface area contributed by atoms with Crippen molar-refractivity contribution >= 4 is 23.2 Å². The molecule has 0 saturated heterocycles. The van der Waals surface area contributed by atoms with Crippen molar-refractivity contribution in [2.75, 3.05) is 0 Å². The van der Waals surface area contributed by atoms with Crippen LogP contribution in [0.15, 0.2) is 17.5 Å². The molecule has 0 aliphatic heterocycles. The number of alkyl carbamates (subject to hydrolysis) is 1. The van der Waals surface area contributed by atoms with Crippen molar-refractivity contribution in [3.05, 3.63) is 22.4 Å². The number of ketones is 1. The third-order valence-electron chi connectivity index (χ3n) is 2.14. The van der Waals surface area contributed by atoms with Gasteiger partial charge in [0.15, 0.2) is 5.78 Å². The van der Waals surface area contributed by atoms with Crippen molar-refractivity contribution in [1.82, 2.24) is 5.32 Å². The van der Waals surface area contributed by atoms with Gasteiger partial charge >= 0.3 is 6.09 Å². The topological polar surface area (TPSA) is 55.4 Å². The fraction of sp³-hybridized carbons (Fsp3) is 0.538. The molecule has 100 valence electrons. The number of thiophene rings is 1. The molecule has 0 saturated carbocycles. The maximum Gasteiger partial charge on any atom is 0.408 e. The molecular weight excluding hydrogens is 250 g/mol. The standard InChI is InChI=1S/C13H19NO3S/c1-9(14-12(16)17-13(2,3)4)11(15)8-10-6-5-7-18-10/h5-7,9H,8H2,1-4H3,(H,14,16)/t9-/m1/s1. The van der Waals surface area contributed by atoms with E-state index in [9.17, 15) is 9.59 Å². The van der Waals surface area contributed by atoms with Crippen molar-refractivity contribution < 1.29 is 14.3 Å². The van der Waals surface area contributed by atoms with Crippen LogP contribution in [0.3, 0.4) is 0 Å². The summed E-state index contributed by atoms with van der Waals surface area (Å²) in [6, 6.07) is 3.27. The fourth-order valence-electron chi connectivity index (χ4n) is 1.30.